The van der Waals surface area contributed by atoms with Gasteiger partial charge in [0.2, 0.25) is 5.91 Å². The normalized spacial score (nSPS) is 12.3. The molecule has 0 aliphatic rings. The van der Waals surface area contributed by atoms with Crippen molar-refractivity contribution in [3.05, 3.63) is 23.8 Å². The van der Waals surface area contributed by atoms with Crippen LogP contribution in [0.5, 0.6) is 5.75 Å². The molecule has 0 fully saturated rings. The summed E-state index contributed by atoms with van der Waals surface area (Å²) < 4.78 is 5.30. The van der Waals surface area contributed by atoms with Crippen LogP contribution in [0.15, 0.2) is 18.2 Å². The van der Waals surface area contributed by atoms with Gasteiger partial charge in [-0.25, -0.2) is 0 Å². The summed E-state index contributed by atoms with van der Waals surface area (Å²) in [5.74, 6) is 0.572. The first-order valence-electron chi connectivity index (χ1n) is 6.75. The van der Waals surface area contributed by atoms with Gasteiger partial charge in [-0.1, -0.05) is 19.9 Å². The van der Waals surface area contributed by atoms with Crippen LogP contribution in [0.2, 0.25) is 0 Å². The van der Waals surface area contributed by atoms with E-state index in [1.165, 1.54) is 0 Å². The number of carbonyl (C=O) groups is 1. The number of rotatable bonds is 7. The average molecular weight is 280 g/mol. The molecular weight excluding hydrogens is 256 g/mol. The molecule has 112 valence electrons. The second-order valence-electron chi connectivity index (χ2n) is 5.31. The Balaban J connectivity index is 3.27. The number of ether oxygens (including phenoxy) is 1. The van der Waals surface area contributed by atoms with Gasteiger partial charge in [0.15, 0.2) is 0 Å². The Kier molecular flexibility index (Phi) is 5.82. The van der Waals surface area contributed by atoms with Crippen LogP contribution in [0, 0.1) is 5.92 Å². The second-order valence-corrected chi connectivity index (χ2v) is 5.31. The molecule has 0 unspecified atom stereocenters. The van der Waals surface area contributed by atoms with Crippen molar-refractivity contribution < 1.29 is 14.6 Å². The third kappa shape index (κ3) is 4.13. The van der Waals surface area contributed by atoms with E-state index >= 15 is 0 Å². The maximum Gasteiger partial charge on any atom is 0.236 e. The molecule has 0 saturated heterocycles. The van der Waals surface area contributed by atoms with E-state index in [-0.39, 0.29) is 6.54 Å². The molecule has 1 aromatic carbocycles. The lowest BCUT2D eigenvalue weighted by Gasteiger charge is -2.29. The van der Waals surface area contributed by atoms with Gasteiger partial charge < -0.3 is 20.5 Å². The van der Waals surface area contributed by atoms with E-state index in [0.29, 0.717) is 23.8 Å². The lowest BCUT2D eigenvalue weighted by Crippen LogP contribution is -2.37. The fourth-order valence-corrected chi connectivity index (χ4v) is 2.28. The zero-order valence-corrected chi connectivity index (χ0v) is 12.6. The number of carbonyl (C=O) groups excluding carboxylic acids is 1. The van der Waals surface area contributed by atoms with Crippen LogP contribution in [-0.4, -0.2) is 31.2 Å². The van der Waals surface area contributed by atoms with Gasteiger partial charge in [-0.05, 0) is 25.0 Å². The standard InChI is InChI=1S/C15H24N2O3/c1-10(2)8-17(9-14(16)19)12-6-5-7-13(20-4)15(12)11(3)18/h5-7,10-11,18H,8-9H2,1-4H3,(H2,16,19)/t11-/m1/s1. The maximum atomic E-state index is 11.3. The Bertz CT molecular complexity index is 458. The zero-order chi connectivity index (χ0) is 15.3. The monoisotopic (exact) mass is 280 g/mol. The summed E-state index contributed by atoms with van der Waals surface area (Å²) in [6, 6.07) is 5.51. The molecular formula is C15H24N2O3. The third-order valence-electron chi connectivity index (χ3n) is 2.95. The lowest BCUT2D eigenvalue weighted by atomic mass is 10.0. The number of amides is 1. The molecule has 1 aromatic rings. The van der Waals surface area contributed by atoms with Gasteiger partial charge in [-0.15, -0.1) is 0 Å². The minimum absolute atomic E-state index is 0.116. The van der Waals surface area contributed by atoms with E-state index in [4.69, 9.17) is 10.5 Å². The van der Waals surface area contributed by atoms with Crippen molar-refractivity contribution in [2.24, 2.45) is 11.7 Å². The zero-order valence-electron chi connectivity index (χ0n) is 12.6. The lowest BCUT2D eigenvalue weighted by molar-refractivity contribution is -0.116. The fourth-order valence-electron chi connectivity index (χ4n) is 2.28. The maximum absolute atomic E-state index is 11.3. The first-order valence-corrected chi connectivity index (χ1v) is 6.75. The molecule has 0 aliphatic heterocycles. The van der Waals surface area contributed by atoms with E-state index in [1.54, 1.807) is 20.1 Å². The number of benzene rings is 1. The summed E-state index contributed by atoms with van der Waals surface area (Å²) in [5.41, 5.74) is 6.79. The van der Waals surface area contributed by atoms with Gasteiger partial charge in [-0.3, -0.25) is 4.79 Å². The molecule has 0 aliphatic carbocycles. The molecule has 0 saturated carbocycles. The van der Waals surface area contributed by atoms with Gasteiger partial charge in [-0.2, -0.15) is 0 Å². The number of aliphatic hydroxyl groups is 1. The Morgan fingerprint density at radius 2 is 2.05 bits per heavy atom. The van der Waals surface area contributed by atoms with Crippen molar-refractivity contribution in [2.75, 3.05) is 25.1 Å². The number of aliphatic hydroxyl groups excluding tert-OH is 1. The molecule has 1 rings (SSSR count). The number of anilines is 1. The van der Waals surface area contributed by atoms with E-state index in [1.807, 2.05) is 17.0 Å². The molecule has 0 spiro atoms. The first-order chi connectivity index (χ1) is 9.36. The number of nitrogens with zero attached hydrogens (tertiary/aromatic N) is 1. The quantitative estimate of drug-likeness (QED) is 0.797. The van der Waals surface area contributed by atoms with E-state index in [2.05, 4.69) is 13.8 Å². The van der Waals surface area contributed by atoms with Crippen LogP contribution >= 0.6 is 0 Å². The summed E-state index contributed by atoms with van der Waals surface area (Å²) >= 11 is 0. The van der Waals surface area contributed by atoms with Crippen molar-refractivity contribution in [2.45, 2.75) is 26.9 Å². The van der Waals surface area contributed by atoms with Crippen LogP contribution in [0.1, 0.15) is 32.4 Å². The highest BCUT2D eigenvalue weighted by atomic mass is 16.5. The molecule has 5 nitrogen and oxygen atoms in total. The summed E-state index contributed by atoms with van der Waals surface area (Å²) in [4.78, 5) is 13.2. The minimum atomic E-state index is -0.691. The van der Waals surface area contributed by atoms with E-state index in [0.717, 1.165) is 5.69 Å². The van der Waals surface area contributed by atoms with E-state index in [9.17, 15) is 9.90 Å². The highest BCUT2D eigenvalue weighted by molar-refractivity contribution is 5.80. The van der Waals surface area contributed by atoms with Gasteiger partial charge >= 0.3 is 0 Å². The Morgan fingerprint density at radius 1 is 1.40 bits per heavy atom. The number of methoxy groups -OCH3 is 1. The highest BCUT2D eigenvalue weighted by Crippen LogP contribution is 2.34. The average Bonchev–Trinajstić information content (AvgIpc) is 2.35. The summed E-state index contributed by atoms with van der Waals surface area (Å²) in [7, 11) is 1.56. The first kappa shape index (κ1) is 16.3. The smallest absolute Gasteiger partial charge is 0.236 e. The van der Waals surface area contributed by atoms with Crippen LogP contribution in [0.25, 0.3) is 0 Å². The number of nitrogens with two attached hydrogens (primary N) is 1. The second kappa shape index (κ2) is 7.14. The van der Waals surface area contributed by atoms with Crippen molar-refractivity contribution in [3.8, 4) is 5.75 Å². The predicted octanol–water partition coefficient (Wildman–Crippen LogP) is 1.70. The van der Waals surface area contributed by atoms with E-state index < -0.39 is 12.0 Å². The Labute approximate surface area is 120 Å². The molecule has 1 amide bonds. The fraction of sp³-hybridized carbons (Fsp3) is 0.533. The molecule has 3 N–H and O–H groups in total. The summed E-state index contributed by atoms with van der Waals surface area (Å²) in [6.45, 7) is 6.60. The number of hydrogen-bond donors (Lipinski definition) is 2. The SMILES string of the molecule is COc1cccc(N(CC(N)=O)CC(C)C)c1[C@@H](C)O. The van der Waals surface area contributed by atoms with Crippen LogP contribution in [0.3, 0.4) is 0 Å². The van der Waals surface area contributed by atoms with Crippen LogP contribution in [0.4, 0.5) is 5.69 Å². The minimum Gasteiger partial charge on any atom is -0.496 e. The van der Waals surface area contributed by atoms with Gasteiger partial charge in [0, 0.05) is 17.8 Å². The molecule has 0 aromatic heterocycles. The van der Waals surface area contributed by atoms with Gasteiger partial charge in [0.25, 0.3) is 0 Å². The Hall–Kier alpha value is -1.75. The number of primary amides is 1. The van der Waals surface area contributed by atoms with Crippen LogP contribution in [-0.2, 0) is 4.79 Å². The Morgan fingerprint density at radius 3 is 2.50 bits per heavy atom. The van der Waals surface area contributed by atoms with Crippen molar-refractivity contribution >= 4 is 11.6 Å². The molecule has 5 heteroatoms. The van der Waals surface area contributed by atoms with Crippen molar-refractivity contribution in [1.29, 1.82) is 0 Å². The number of hydrogen-bond acceptors (Lipinski definition) is 4. The predicted molar refractivity (Wildman–Crippen MR) is 79.9 cm³/mol. The topological polar surface area (TPSA) is 75.8 Å². The van der Waals surface area contributed by atoms with Crippen molar-refractivity contribution in [3.63, 3.8) is 0 Å². The molecule has 0 heterocycles. The molecule has 1 atom stereocenters. The molecule has 0 bridgehead atoms. The molecule has 0 radical (unpaired) electrons. The summed E-state index contributed by atoms with van der Waals surface area (Å²) in [6.07, 6.45) is -0.691. The molecule has 20 heavy (non-hydrogen) atoms. The highest BCUT2D eigenvalue weighted by Gasteiger charge is 2.20. The van der Waals surface area contributed by atoms with Gasteiger partial charge in [0.1, 0.15) is 5.75 Å². The third-order valence-corrected chi connectivity index (χ3v) is 2.95. The summed E-state index contributed by atoms with van der Waals surface area (Å²) in [5, 5.41) is 10.0. The van der Waals surface area contributed by atoms with Crippen LogP contribution < -0.4 is 15.4 Å². The largest absolute Gasteiger partial charge is 0.496 e. The van der Waals surface area contributed by atoms with Gasteiger partial charge in [0.05, 0.1) is 19.8 Å². The van der Waals surface area contributed by atoms with Crippen molar-refractivity contribution in [1.82, 2.24) is 0 Å².